The van der Waals surface area contributed by atoms with E-state index in [0.717, 1.165) is 0 Å². The third-order valence-corrected chi connectivity index (χ3v) is 6.38. The summed E-state index contributed by atoms with van der Waals surface area (Å²) in [5.41, 5.74) is -0.733. The fraction of sp³-hybridized carbons (Fsp3) is 0.312. The van der Waals surface area contributed by atoms with E-state index in [1.807, 2.05) is 0 Å². The van der Waals surface area contributed by atoms with Crippen molar-refractivity contribution in [1.29, 1.82) is 0 Å². The molecule has 0 fully saturated rings. The molecule has 5 nitrogen and oxygen atoms in total. The maximum atomic E-state index is 13.0. The number of hydrogen-bond acceptors (Lipinski definition) is 4. The third kappa shape index (κ3) is 2.94. The Kier molecular flexibility index (Phi) is 4.39. The van der Waals surface area contributed by atoms with Crippen LogP contribution in [0.4, 0.5) is 4.39 Å². The average Bonchev–Trinajstić information content (AvgIpc) is 2.78. The maximum absolute atomic E-state index is 13.0. The van der Waals surface area contributed by atoms with Gasteiger partial charge in [-0.2, -0.15) is 0 Å². The fourth-order valence-corrected chi connectivity index (χ4v) is 4.49. The normalized spacial score (nSPS) is 28.0. The molecular formula is C16H15BrFNO4S. The van der Waals surface area contributed by atoms with Gasteiger partial charge in [0.2, 0.25) is 0 Å². The molecule has 8 heteroatoms. The average molecular weight is 416 g/mol. The number of rotatable bonds is 2. The van der Waals surface area contributed by atoms with E-state index in [1.165, 1.54) is 24.3 Å². The molecule has 1 unspecified atom stereocenters. The number of ether oxygens (including phenoxy) is 1. The third-order valence-electron chi connectivity index (χ3n) is 3.94. The van der Waals surface area contributed by atoms with Crippen molar-refractivity contribution in [3.05, 3.63) is 56.2 Å². The molecule has 2 aliphatic rings. The highest BCUT2D eigenvalue weighted by atomic mass is 79.9. The minimum atomic E-state index is -1.55. The first-order valence-corrected chi connectivity index (χ1v) is 9.11. The summed E-state index contributed by atoms with van der Waals surface area (Å²) < 4.78 is 31.5. The van der Waals surface area contributed by atoms with Gasteiger partial charge in [0, 0.05) is 11.6 Å². The molecule has 2 N–H and O–H groups in total. The highest BCUT2D eigenvalue weighted by molar-refractivity contribution is 9.13. The van der Waals surface area contributed by atoms with Crippen molar-refractivity contribution in [3.63, 3.8) is 0 Å². The summed E-state index contributed by atoms with van der Waals surface area (Å²) in [6.07, 6.45) is 0.479. The lowest BCUT2D eigenvalue weighted by atomic mass is 9.91. The van der Waals surface area contributed by atoms with E-state index in [9.17, 15) is 18.5 Å². The van der Waals surface area contributed by atoms with Crippen LogP contribution in [0.1, 0.15) is 24.2 Å². The molecule has 1 amide bonds. The maximum Gasteiger partial charge on any atom is 0.251 e. The van der Waals surface area contributed by atoms with Gasteiger partial charge in [0.05, 0.1) is 25.6 Å². The quantitative estimate of drug-likeness (QED) is 0.776. The van der Waals surface area contributed by atoms with E-state index in [4.69, 9.17) is 4.74 Å². The van der Waals surface area contributed by atoms with Crippen LogP contribution in [0.3, 0.4) is 0 Å². The number of aliphatic hydroxyl groups excluding tert-OH is 1. The van der Waals surface area contributed by atoms with Crippen molar-refractivity contribution in [1.82, 2.24) is 5.32 Å². The number of aliphatic hydroxyl groups is 1. The predicted octanol–water partition coefficient (Wildman–Crippen LogP) is 2.30. The number of carbonyl (C=O) groups excluding carboxylic acids is 1. The van der Waals surface area contributed by atoms with Crippen molar-refractivity contribution in [2.45, 2.75) is 31.6 Å². The van der Waals surface area contributed by atoms with Crippen molar-refractivity contribution < 1.29 is 23.2 Å². The van der Waals surface area contributed by atoms with E-state index in [2.05, 4.69) is 21.2 Å². The van der Waals surface area contributed by atoms with Crippen LogP contribution in [0.25, 0.3) is 0 Å². The predicted molar refractivity (Wildman–Crippen MR) is 91.0 cm³/mol. The first-order valence-electron chi connectivity index (χ1n) is 7.17. The molecule has 2 aliphatic heterocycles. The number of carbonyl (C=O) groups is 1. The van der Waals surface area contributed by atoms with Crippen LogP contribution in [-0.4, -0.2) is 33.0 Å². The molecule has 0 saturated heterocycles. The number of amides is 1. The Morgan fingerprint density at radius 2 is 2.00 bits per heavy atom. The Hall–Kier alpha value is -1.51. The second-order valence-corrected chi connectivity index (χ2v) is 8.85. The van der Waals surface area contributed by atoms with E-state index in [1.54, 1.807) is 19.9 Å². The molecule has 0 aromatic heterocycles. The highest BCUT2D eigenvalue weighted by Crippen LogP contribution is 2.41. The SMILES string of the molecule is CC1(C)OC2=C([C@@H](NC(=O)c3ccc(F)cc3)[C@@H]1O)S(=O)C(Br)=C2. The van der Waals surface area contributed by atoms with Gasteiger partial charge in [0.25, 0.3) is 5.91 Å². The van der Waals surface area contributed by atoms with Crippen LogP contribution in [0, 0.1) is 5.82 Å². The molecule has 3 rings (SSSR count). The monoisotopic (exact) mass is 415 g/mol. The van der Waals surface area contributed by atoms with Gasteiger partial charge in [-0.25, -0.2) is 8.60 Å². The zero-order valence-corrected chi connectivity index (χ0v) is 15.3. The second kappa shape index (κ2) is 6.09. The highest BCUT2D eigenvalue weighted by Gasteiger charge is 2.48. The fourth-order valence-electron chi connectivity index (χ4n) is 2.63. The molecule has 0 saturated carbocycles. The molecule has 0 spiro atoms. The topological polar surface area (TPSA) is 75.6 Å². The molecule has 1 aromatic rings. The van der Waals surface area contributed by atoms with Crippen LogP contribution < -0.4 is 5.32 Å². The van der Waals surface area contributed by atoms with Gasteiger partial charge in [-0.3, -0.25) is 4.79 Å². The van der Waals surface area contributed by atoms with Gasteiger partial charge < -0.3 is 15.2 Å². The Morgan fingerprint density at radius 3 is 2.62 bits per heavy atom. The van der Waals surface area contributed by atoms with Crippen molar-refractivity contribution in [3.8, 4) is 0 Å². The zero-order valence-electron chi connectivity index (χ0n) is 12.9. The van der Waals surface area contributed by atoms with Crippen LogP contribution in [0.15, 0.2) is 44.8 Å². The minimum absolute atomic E-state index is 0.242. The Labute approximate surface area is 149 Å². The molecule has 0 aliphatic carbocycles. The lowest BCUT2D eigenvalue weighted by Gasteiger charge is -2.41. The van der Waals surface area contributed by atoms with Crippen molar-refractivity contribution in [2.24, 2.45) is 0 Å². The number of benzene rings is 1. The molecule has 24 heavy (non-hydrogen) atoms. The van der Waals surface area contributed by atoms with Crippen LogP contribution in [-0.2, 0) is 15.5 Å². The number of nitrogens with one attached hydrogen (secondary N) is 1. The summed E-state index contributed by atoms with van der Waals surface area (Å²) in [7, 11) is -1.55. The number of halogens is 2. The zero-order chi connectivity index (χ0) is 17.6. The summed E-state index contributed by atoms with van der Waals surface area (Å²) in [6, 6.07) is 4.16. The first-order chi connectivity index (χ1) is 11.2. The summed E-state index contributed by atoms with van der Waals surface area (Å²) in [5, 5.41) is 13.3. The second-order valence-electron chi connectivity index (χ2n) is 6.05. The van der Waals surface area contributed by atoms with Gasteiger partial charge >= 0.3 is 0 Å². The Bertz CT molecular complexity index is 788. The van der Waals surface area contributed by atoms with Gasteiger partial charge in [0.15, 0.2) is 0 Å². The standard InChI is InChI=1S/C16H15BrFNO4S/c1-16(2)14(20)12(13-10(23-16)7-11(17)24(13)22)19-15(21)8-3-5-9(18)6-4-8/h3-7,12,14,20H,1-2H3,(H,19,21)/t12-,14+,24?/m1/s1. The summed E-state index contributed by atoms with van der Waals surface area (Å²) >= 11 is 3.20. The summed E-state index contributed by atoms with van der Waals surface area (Å²) in [6.45, 7) is 3.36. The molecule has 128 valence electrons. The lowest BCUT2D eigenvalue weighted by Crippen LogP contribution is -2.57. The summed E-state index contributed by atoms with van der Waals surface area (Å²) in [4.78, 5) is 12.7. The van der Waals surface area contributed by atoms with Gasteiger partial charge in [-0.1, -0.05) is 0 Å². The van der Waals surface area contributed by atoms with Gasteiger partial charge in [-0.05, 0) is 54.0 Å². The molecule has 0 radical (unpaired) electrons. The van der Waals surface area contributed by atoms with Crippen LogP contribution in [0.2, 0.25) is 0 Å². The van der Waals surface area contributed by atoms with E-state index >= 15 is 0 Å². The van der Waals surface area contributed by atoms with Crippen LogP contribution in [0.5, 0.6) is 0 Å². The first kappa shape index (κ1) is 17.3. The van der Waals surface area contributed by atoms with E-state index in [-0.39, 0.29) is 5.56 Å². The molecule has 1 aromatic carbocycles. The summed E-state index contributed by atoms with van der Waals surface area (Å²) in [5.74, 6) is -0.572. The molecular weight excluding hydrogens is 401 g/mol. The largest absolute Gasteiger partial charge is 0.484 e. The molecule has 0 bridgehead atoms. The van der Waals surface area contributed by atoms with E-state index < -0.39 is 40.3 Å². The van der Waals surface area contributed by atoms with Crippen molar-refractivity contribution >= 4 is 32.6 Å². The number of hydrogen-bond donors (Lipinski definition) is 2. The molecule has 3 atom stereocenters. The van der Waals surface area contributed by atoms with E-state index in [0.29, 0.717) is 14.5 Å². The Balaban J connectivity index is 1.93. The lowest BCUT2D eigenvalue weighted by molar-refractivity contribution is -0.0874. The molecule has 2 heterocycles. The van der Waals surface area contributed by atoms with Crippen LogP contribution >= 0.6 is 15.9 Å². The van der Waals surface area contributed by atoms with Crippen molar-refractivity contribution in [2.75, 3.05) is 0 Å². The number of allylic oxidation sites excluding steroid dienone is 1. The Morgan fingerprint density at radius 1 is 1.38 bits per heavy atom. The van der Waals surface area contributed by atoms with Gasteiger partial charge in [0.1, 0.15) is 23.3 Å². The minimum Gasteiger partial charge on any atom is -0.484 e. The smallest absolute Gasteiger partial charge is 0.251 e. The van der Waals surface area contributed by atoms with Gasteiger partial charge in [-0.15, -0.1) is 0 Å².